The van der Waals surface area contributed by atoms with Gasteiger partial charge >= 0.3 is 0 Å². The zero-order chi connectivity index (χ0) is 15.6. The van der Waals surface area contributed by atoms with Crippen molar-refractivity contribution in [2.75, 3.05) is 4.90 Å². The summed E-state index contributed by atoms with van der Waals surface area (Å²) in [6.45, 7) is 7.69. The van der Waals surface area contributed by atoms with Gasteiger partial charge in [0, 0.05) is 0 Å². The van der Waals surface area contributed by atoms with Crippen LogP contribution in [0.15, 0.2) is 18.7 Å². The van der Waals surface area contributed by atoms with Crippen molar-refractivity contribution in [2.45, 2.75) is 52.1 Å². The lowest BCUT2D eigenvalue weighted by Gasteiger charge is -2.46. The Morgan fingerprint density at radius 1 is 1.24 bits per heavy atom. The molecule has 0 bridgehead atoms. The predicted octanol–water partition coefficient (Wildman–Crippen LogP) is 1.52. The van der Waals surface area contributed by atoms with Crippen LogP contribution in [0.4, 0.5) is 5.69 Å². The highest BCUT2D eigenvalue weighted by Gasteiger charge is 2.50. The molecule has 1 fully saturated rings. The van der Waals surface area contributed by atoms with E-state index in [1.165, 1.54) is 6.33 Å². The van der Waals surface area contributed by atoms with Gasteiger partial charge in [-0.15, -0.1) is 0 Å². The molecule has 2 rings (SSSR count). The average molecular weight is 290 g/mol. The van der Waals surface area contributed by atoms with E-state index in [0.29, 0.717) is 18.5 Å². The third-order valence-electron chi connectivity index (χ3n) is 4.20. The quantitative estimate of drug-likeness (QED) is 0.912. The van der Waals surface area contributed by atoms with Gasteiger partial charge in [0.05, 0.1) is 18.1 Å². The average Bonchev–Trinajstić information content (AvgIpc) is 2.49. The molecular weight excluding hydrogens is 268 g/mol. The number of piperazine rings is 1. The monoisotopic (exact) mass is 290 g/mol. The second-order valence-corrected chi connectivity index (χ2v) is 5.74. The molecule has 1 N–H and O–H groups in total. The first-order valence-electron chi connectivity index (χ1n) is 7.37. The normalized spacial score (nSPS) is 21.6. The maximum absolute atomic E-state index is 13.0. The van der Waals surface area contributed by atoms with Crippen LogP contribution in [-0.2, 0) is 9.59 Å². The van der Waals surface area contributed by atoms with Gasteiger partial charge in [0.25, 0.3) is 5.91 Å². The van der Waals surface area contributed by atoms with Gasteiger partial charge in [-0.05, 0) is 18.8 Å². The molecule has 0 radical (unpaired) electrons. The van der Waals surface area contributed by atoms with Crippen molar-refractivity contribution in [2.24, 2.45) is 5.92 Å². The van der Waals surface area contributed by atoms with E-state index in [0.717, 1.165) is 0 Å². The zero-order valence-electron chi connectivity index (χ0n) is 13.0. The Bertz CT molecular complexity index is 526. The fraction of sp³-hybridized carbons (Fsp3) is 0.600. The second-order valence-electron chi connectivity index (χ2n) is 5.74. The molecule has 1 atom stereocenters. The fourth-order valence-corrected chi connectivity index (χ4v) is 2.86. The molecule has 0 saturated carbocycles. The van der Waals surface area contributed by atoms with E-state index in [4.69, 9.17) is 0 Å². The van der Waals surface area contributed by atoms with Crippen LogP contribution >= 0.6 is 0 Å². The highest BCUT2D eigenvalue weighted by atomic mass is 16.2. The van der Waals surface area contributed by atoms with Gasteiger partial charge in [-0.3, -0.25) is 14.5 Å². The number of amides is 2. The molecule has 1 aliphatic heterocycles. The highest BCUT2D eigenvalue weighted by molar-refractivity contribution is 6.10. The standard InChI is InChI=1S/C15H22N4O2/c1-5-15(6-2)14(21)19(11-7-16-9-17-8-11)12(10(3)4)13(20)18-15/h7-10,12H,5-6H2,1-4H3,(H,18,20). The van der Waals surface area contributed by atoms with Crippen LogP contribution in [0, 0.1) is 5.92 Å². The van der Waals surface area contributed by atoms with Gasteiger partial charge in [-0.1, -0.05) is 27.7 Å². The summed E-state index contributed by atoms with van der Waals surface area (Å²) in [4.78, 5) is 35.1. The molecule has 21 heavy (non-hydrogen) atoms. The maximum Gasteiger partial charge on any atom is 0.253 e. The van der Waals surface area contributed by atoms with E-state index in [1.54, 1.807) is 17.3 Å². The Kier molecular flexibility index (Phi) is 4.25. The van der Waals surface area contributed by atoms with Crippen molar-refractivity contribution in [3.05, 3.63) is 18.7 Å². The Morgan fingerprint density at radius 2 is 1.81 bits per heavy atom. The molecule has 1 aromatic heterocycles. The van der Waals surface area contributed by atoms with Gasteiger partial charge in [-0.2, -0.15) is 0 Å². The summed E-state index contributed by atoms with van der Waals surface area (Å²) in [5.41, 5.74) is -0.263. The first-order valence-corrected chi connectivity index (χ1v) is 7.37. The minimum atomic E-state index is -0.835. The summed E-state index contributed by atoms with van der Waals surface area (Å²) >= 11 is 0. The summed E-state index contributed by atoms with van der Waals surface area (Å²) in [6.07, 6.45) is 5.69. The Labute approximate surface area is 125 Å². The predicted molar refractivity (Wildman–Crippen MR) is 79.6 cm³/mol. The topological polar surface area (TPSA) is 75.2 Å². The molecule has 1 aliphatic rings. The number of carbonyl (C=O) groups excluding carboxylic acids is 2. The van der Waals surface area contributed by atoms with Crippen molar-refractivity contribution >= 4 is 17.5 Å². The molecule has 0 aliphatic carbocycles. The van der Waals surface area contributed by atoms with E-state index >= 15 is 0 Å². The Balaban J connectivity index is 2.53. The number of nitrogens with one attached hydrogen (secondary N) is 1. The molecule has 6 nitrogen and oxygen atoms in total. The molecule has 2 heterocycles. The third kappa shape index (κ3) is 2.50. The van der Waals surface area contributed by atoms with E-state index < -0.39 is 11.6 Å². The summed E-state index contributed by atoms with van der Waals surface area (Å²) in [7, 11) is 0. The molecule has 114 valence electrons. The van der Waals surface area contributed by atoms with E-state index in [9.17, 15) is 9.59 Å². The summed E-state index contributed by atoms with van der Waals surface area (Å²) < 4.78 is 0. The van der Waals surface area contributed by atoms with E-state index in [-0.39, 0.29) is 17.7 Å². The van der Waals surface area contributed by atoms with Crippen molar-refractivity contribution in [3.8, 4) is 0 Å². The summed E-state index contributed by atoms with van der Waals surface area (Å²) in [5, 5.41) is 2.94. The zero-order valence-corrected chi connectivity index (χ0v) is 13.0. The molecule has 0 aromatic carbocycles. The van der Waals surface area contributed by atoms with Crippen LogP contribution in [0.2, 0.25) is 0 Å². The van der Waals surface area contributed by atoms with Crippen LogP contribution < -0.4 is 10.2 Å². The van der Waals surface area contributed by atoms with Gasteiger partial charge in [0.2, 0.25) is 5.91 Å². The minimum absolute atomic E-state index is 0.000804. The van der Waals surface area contributed by atoms with Crippen LogP contribution in [-0.4, -0.2) is 33.4 Å². The lowest BCUT2D eigenvalue weighted by molar-refractivity contribution is -0.139. The summed E-state index contributed by atoms with van der Waals surface area (Å²) in [5.74, 6) is -0.196. The first-order chi connectivity index (χ1) is 9.96. The van der Waals surface area contributed by atoms with E-state index in [2.05, 4.69) is 15.3 Å². The van der Waals surface area contributed by atoms with Crippen molar-refractivity contribution in [3.63, 3.8) is 0 Å². The first kappa shape index (κ1) is 15.4. The smallest absolute Gasteiger partial charge is 0.253 e. The Morgan fingerprint density at radius 3 is 2.29 bits per heavy atom. The molecule has 1 saturated heterocycles. The number of rotatable bonds is 4. The molecule has 2 amide bonds. The van der Waals surface area contributed by atoms with Crippen molar-refractivity contribution < 1.29 is 9.59 Å². The van der Waals surface area contributed by atoms with Crippen molar-refractivity contribution in [1.29, 1.82) is 0 Å². The molecule has 1 aromatic rings. The largest absolute Gasteiger partial charge is 0.340 e. The molecule has 6 heteroatoms. The van der Waals surface area contributed by atoms with E-state index in [1.807, 2.05) is 27.7 Å². The molecule has 0 spiro atoms. The number of anilines is 1. The lowest BCUT2D eigenvalue weighted by atomic mass is 9.84. The second kappa shape index (κ2) is 5.79. The third-order valence-corrected chi connectivity index (χ3v) is 4.20. The Hall–Kier alpha value is -1.98. The maximum atomic E-state index is 13.0. The van der Waals surface area contributed by atoms with Gasteiger partial charge in [0.1, 0.15) is 17.9 Å². The van der Waals surface area contributed by atoms with Crippen LogP contribution in [0.5, 0.6) is 0 Å². The molecule has 1 unspecified atom stereocenters. The van der Waals surface area contributed by atoms with Gasteiger partial charge in [0.15, 0.2) is 0 Å². The fourth-order valence-electron chi connectivity index (χ4n) is 2.86. The number of hydrogen-bond acceptors (Lipinski definition) is 4. The van der Waals surface area contributed by atoms with Crippen LogP contribution in [0.3, 0.4) is 0 Å². The highest BCUT2D eigenvalue weighted by Crippen LogP contribution is 2.31. The number of carbonyl (C=O) groups is 2. The number of aromatic nitrogens is 2. The lowest BCUT2D eigenvalue weighted by Crippen LogP contribution is -2.71. The van der Waals surface area contributed by atoms with Crippen LogP contribution in [0.25, 0.3) is 0 Å². The van der Waals surface area contributed by atoms with Gasteiger partial charge < -0.3 is 5.32 Å². The minimum Gasteiger partial charge on any atom is -0.340 e. The number of nitrogens with zero attached hydrogens (tertiary/aromatic N) is 3. The van der Waals surface area contributed by atoms with Gasteiger partial charge in [-0.25, -0.2) is 9.97 Å². The number of hydrogen-bond donors (Lipinski definition) is 1. The van der Waals surface area contributed by atoms with Crippen molar-refractivity contribution in [1.82, 2.24) is 15.3 Å². The molecular formula is C15H22N4O2. The summed E-state index contributed by atoms with van der Waals surface area (Å²) in [6, 6.07) is -0.533. The van der Waals surface area contributed by atoms with Crippen LogP contribution in [0.1, 0.15) is 40.5 Å². The SMILES string of the molecule is CCC1(CC)NC(=O)C(C(C)C)N(c2cncnc2)C1=O.